The van der Waals surface area contributed by atoms with Crippen LogP contribution < -0.4 is 4.90 Å². The first-order chi connectivity index (χ1) is 9.15. The second-order valence-corrected chi connectivity index (χ2v) is 5.37. The molecule has 2 fully saturated rings. The molecule has 6 heteroatoms. The number of hydrogen-bond acceptors (Lipinski definition) is 5. The van der Waals surface area contributed by atoms with Crippen LogP contribution in [0.15, 0.2) is 12.1 Å². The first-order valence-corrected chi connectivity index (χ1v) is 6.69. The zero-order chi connectivity index (χ0) is 13.4. The van der Waals surface area contributed by atoms with Crippen LogP contribution in [0.2, 0.25) is 0 Å². The summed E-state index contributed by atoms with van der Waals surface area (Å²) in [6.07, 6.45) is 3.66. The number of likely N-dealkylation sites (N-methyl/N-ethyl adjacent to an activating group) is 1. The zero-order valence-corrected chi connectivity index (χ0v) is 11.0. The van der Waals surface area contributed by atoms with Gasteiger partial charge >= 0.3 is 5.97 Å². The molecule has 0 saturated carbocycles. The lowest BCUT2D eigenvalue weighted by atomic mass is 10.1. The maximum atomic E-state index is 10.8. The first kappa shape index (κ1) is 12.3. The minimum atomic E-state index is -1.03. The maximum absolute atomic E-state index is 10.8. The van der Waals surface area contributed by atoms with Gasteiger partial charge in [0.15, 0.2) is 11.5 Å². The van der Waals surface area contributed by atoms with Crippen molar-refractivity contribution < 1.29 is 9.90 Å². The Bertz CT molecular complexity index is 476. The van der Waals surface area contributed by atoms with Gasteiger partial charge in [0.1, 0.15) is 0 Å². The van der Waals surface area contributed by atoms with E-state index in [1.54, 1.807) is 6.07 Å². The second kappa shape index (κ2) is 4.77. The zero-order valence-electron chi connectivity index (χ0n) is 11.0. The van der Waals surface area contributed by atoms with E-state index < -0.39 is 5.97 Å². The molecule has 3 rings (SSSR count). The van der Waals surface area contributed by atoms with Crippen molar-refractivity contribution in [1.29, 1.82) is 0 Å². The lowest BCUT2D eigenvalue weighted by Gasteiger charge is -2.26. The van der Waals surface area contributed by atoms with Gasteiger partial charge in [0.2, 0.25) is 0 Å². The first-order valence-electron chi connectivity index (χ1n) is 6.69. The van der Waals surface area contributed by atoms with Crippen LogP contribution in [0.5, 0.6) is 0 Å². The van der Waals surface area contributed by atoms with Gasteiger partial charge in [-0.2, -0.15) is 0 Å². The largest absolute Gasteiger partial charge is 0.476 e. The van der Waals surface area contributed by atoms with Crippen LogP contribution in [-0.4, -0.2) is 58.4 Å². The third-order valence-electron chi connectivity index (χ3n) is 4.34. The van der Waals surface area contributed by atoms with Crippen molar-refractivity contribution >= 4 is 11.8 Å². The molecule has 2 aliphatic rings. The number of aromatic nitrogens is 2. The second-order valence-electron chi connectivity index (χ2n) is 5.37. The van der Waals surface area contributed by atoms with Crippen molar-refractivity contribution in [2.75, 3.05) is 25.0 Å². The Morgan fingerprint density at radius 3 is 2.74 bits per heavy atom. The van der Waals surface area contributed by atoms with Gasteiger partial charge in [-0.1, -0.05) is 0 Å². The third-order valence-corrected chi connectivity index (χ3v) is 4.34. The van der Waals surface area contributed by atoms with Crippen LogP contribution in [0, 0.1) is 0 Å². The highest BCUT2D eigenvalue weighted by atomic mass is 16.4. The van der Waals surface area contributed by atoms with Crippen molar-refractivity contribution in [3.8, 4) is 0 Å². The molecule has 2 unspecified atom stereocenters. The number of hydrogen-bond donors (Lipinski definition) is 1. The lowest BCUT2D eigenvalue weighted by molar-refractivity contribution is 0.0689. The fourth-order valence-electron chi connectivity index (χ4n) is 3.12. The van der Waals surface area contributed by atoms with E-state index in [1.807, 2.05) is 0 Å². The fraction of sp³-hybridized carbons (Fsp3) is 0.615. The van der Waals surface area contributed by atoms with Gasteiger partial charge in [0, 0.05) is 25.2 Å². The Balaban J connectivity index is 1.77. The molecule has 0 aliphatic carbocycles. The number of nitrogens with zero attached hydrogens (tertiary/aromatic N) is 4. The van der Waals surface area contributed by atoms with Gasteiger partial charge < -0.3 is 10.0 Å². The summed E-state index contributed by atoms with van der Waals surface area (Å²) in [5, 5.41) is 16.6. The predicted octanol–water partition coefficient (Wildman–Crippen LogP) is 0.848. The van der Waals surface area contributed by atoms with Gasteiger partial charge in [-0.15, -0.1) is 10.2 Å². The maximum Gasteiger partial charge on any atom is 0.356 e. The number of rotatable bonds is 2. The van der Waals surface area contributed by atoms with Crippen molar-refractivity contribution in [3.05, 3.63) is 17.8 Å². The summed E-state index contributed by atoms with van der Waals surface area (Å²) in [5.41, 5.74) is -0.00258. The Hall–Kier alpha value is -1.69. The Kier molecular flexibility index (Phi) is 3.10. The lowest BCUT2D eigenvalue weighted by Crippen LogP contribution is -2.37. The van der Waals surface area contributed by atoms with Gasteiger partial charge in [-0.05, 0) is 38.4 Å². The molecule has 1 aromatic heterocycles. The molecule has 2 saturated heterocycles. The van der Waals surface area contributed by atoms with Gasteiger partial charge in [0.25, 0.3) is 0 Å². The molecule has 2 aliphatic heterocycles. The molecule has 1 aromatic rings. The van der Waals surface area contributed by atoms with Crippen LogP contribution in [-0.2, 0) is 0 Å². The van der Waals surface area contributed by atoms with Crippen LogP contribution >= 0.6 is 0 Å². The molecule has 2 atom stereocenters. The summed E-state index contributed by atoms with van der Waals surface area (Å²) in [6.45, 7) is 1.92. The molecule has 3 heterocycles. The topological polar surface area (TPSA) is 69.6 Å². The molecule has 2 bridgehead atoms. The molecule has 6 nitrogen and oxygen atoms in total. The van der Waals surface area contributed by atoms with Crippen molar-refractivity contribution in [2.24, 2.45) is 0 Å². The number of carboxylic acid groups (broad SMARTS) is 1. The quantitative estimate of drug-likeness (QED) is 0.852. The summed E-state index contributed by atoms with van der Waals surface area (Å²) in [4.78, 5) is 15.5. The van der Waals surface area contributed by atoms with E-state index in [-0.39, 0.29) is 5.69 Å². The highest BCUT2D eigenvalue weighted by molar-refractivity contribution is 5.85. The minimum Gasteiger partial charge on any atom is -0.476 e. The fourth-order valence-corrected chi connectivity index (χ4v) is 3.12. The minimum absolute atomic E-state index is 0.00258. The number of anilines is 1. The van der Waals surface area contributed by atoms with Crippen molar-refractivity contribution in [1.82, 2.24) is 15.1 Å². The Labute approximate surface area is 112 Å². The van der Waals surface area contributed by atoms with E-state index in [4.69, 9.17) is 5.11 Å². The molecule has 102 valence electrons. The monoisotopic (exact) mass is 262 g/mol. The standard InChI is InChI=1S/C13H18N4O2/c1-16-9-2-3-10(16)8-17(7-6-9)12-5-4-11(13(18)19)14-15-12/h4-5,9-10H,2-3,6-8H2,1H3,(H,18,19). The van der Waals surface area contributed by atoms with E-state index in [1.165, 1.54) is 18.9 Å². The molecular formula is C13H18N4O2. The average molecular weight is 262 g/mol. The Morgan fingerprint density at radius 2 is 2.05 bits per heavy atom. The van der Waals surface area contributed by atoms with E-state index in [0.29, 0.717) is 12.1 Å². The smallest absolute Gasteiger partial charge is 0.356 e. The molecule has 0 aromatic carbocycles. The van der Waals surface area contributed by atoms with Crippen molar-refractivity contribution in [2.45, 2.75) is 31.3 Å². The van der Waals surface area contributed by atoms with Crippen LogP contribution in [0.25, 0.3) is 0 Å². The molecule has 0 spiro atoms. The summed E-state index contributed by atoms with van der Waals surface area (Å²) < 4.78 is 0. The number of fused-ring (bicyclic) bond motifs is 2. The van der Waals surface area contributed by atoms with Gasteiger partial charge in [-0.3, -0.25) is 4.90 Å². The number of aromatic carboxylic acids is 1. The summed E-state index contributed by atoms with van der Waals surface area (Å²) >= 11 is 0. The van der Waals surface area contributed by atoms with Crippen LogP contribution in [0.1, 0.15) is 29.8 Å². The highest BCUT2D eigenvalue weighted by Crippen LogP contribution is 2.29. The van der Waals surface area contributed by atoms with E-state index in [9.17, 15) is 4.79 Å². The molecular weight excluding hydrogens is 244 g/mol. The number of carbonyl (C=O) groups is 1. The third kappa shape index (κ3) is 2.28. The van der Waals surface area contributed by atoms with E-state index >= 15 is 0 Å². The highest BCUT2D eigenvalue weighted by Gasteiger charge is 2.34. The molecule has 19 heavy (non-hydrogen) atoms. The van der Waals surface area contributed by atoms with Crippen LogP contribution in [0.3, 0.4) is 0 Å². The summed E-state index contributed by atoms with van der Waals surface area (Å²) in [6, 6.07) is 4.54. The van der Waals surface area contributed by atoms with Gasteiger partial charge in [0.05, 0.1) is 0 Å². The molecule has 0 amide bonds. The molecule has 0 radical (unpaired) electrons. The van der Waals surface area contributed by atoms with Crippen LogP contribution in [0.4, 0.5) is 5.82 Å². The summed E-state index contributed by atoms with van der Waals surface area (Å²) in [5.74, 6) is -0.250. The average Bonchev–Trinajstić information content (AvgIpc) is 2.63. The van der Waals surface area contributed by atoms with E-state index in [2.05, 4.69) is 27.0 Å². The summed E-state index contributed by atoms with van der Waals surface area (Å²) in [7, 11) is 2.20. The SMILES string of the molecule is CN1C2CCC1CN(c1ccc(C(=O)O)nn1)CC2. The predicted molar refractivity (Wildman–Crippen MR) is 70.4 cm³/mol. The van der Waals surface area contributed by atoms with Crippen molar-refractivity contribution in [3.63, 3.8) is 0 Å². The van der Waals surface area contributed by atoms with Gasteiger partial charge in [-0.25, -0.2) is 4.79 Å². The molecule has 1 N–H and O–H groups in total. The number of carboxylic acids is 1. The Morgan fingerprint density at radius 1 is 1.26 bits per heavy atom. The normalized spacial score (nSPS) is 27.3. The van der Waals surface area contributed by atoms with E-state index in [0.717, 1.165) is 25.3 Å².